The van der Waals surface area contributed by atoms with E-state index in [0.29, 0.717) is 32.8 Å². The summed E-state index contributed by atoms with van der Waals surface area (Å²) in [6.45, 7) is 8.54. The van der Waals surface area contributed by atoms with Crippen molar-refractivity contribution in [3.63, 3.8) is 0 Å². The normalized spacial score (nSPS) is 19.9. The van der Waals surface area contributed by atoms with Gasteiger partial charge in [0.15, 0.2) is 0 Å². The van der Waals surface area contributed by atoms with Crippen LogP contribution in [0.1, 0.15) is 20.8 Å². The van der Waals surface area contributed by atoms with Gasteiger partial charge in [-0.05, 0) is 20.8 Å². The lowest BCUT2D eigenvalue weighted by molar-refractivity contribution is 0.0730. The minimum atomic E-state index is -3.11. The molecule has 0 aromatic heterocycles. The van der Waals surface area contributed by atoms with E-state index in [0.717, 1.165) is 0 Å². The molecule has 1 heterocycles. The van der Waals surface area contributed by atoms with Crippen LogP contribution < -0.4 is 5.32 Å². The lowest BCUT2D eigenvalue weighted by Crippen LogP contribution is -2.45. The molecule has 1 aliphatic rings. The average molecular weight is 250 g/mol. The second-order valence-electron chi connectivity index (χ2n) is 5.00. The van der Waals surface area contributed by atoms with Crippen LogP contribution in [-0.4, -0.2) is 56.9 Å². The third-order valence-electron chi connectivity index (χ3n) is 2.38. The molecule has 0 aromatic carbocycles. The molecule has 1 aliphatic heterocycles. The van der Waals surface area contributed by atoms with Crippen LogP contribution in [0.5, 0.6) is 0 Å². The maximum absolute atomic E-state index is 11.9. The van der Waals surface area contributed by atoms with Gasteiger partial charge in [-0.3, -0.25) is 0 Å². The molecule has 0 amide bonds. The second kappa shape index (κ2) is 5.44. The lowest BCUT2D eigenvalue weighted by atomic mass is 10.1. The minimum Gasteiger partial charge on any atom is -0.379 e. The quantitative estimate of drug-likeness (QED) is 0.765. The van der Waals surface area contributed by atoms with Crippen LogP contribution in [0.3, 0.4) is 0 Å². The Morgan fingerprint density at radius 2 is 1.81 bits per heavy atom. The molecule has 1 rings (SSSR count). The Morgan fingerprint density at radius 3 is 2.31 bits per heavy atom. The fourth-order valence-electron chi connectivity index (χ4n) is 1.51. The van der Waals surface area contributed by atoms with E-state index >= 15 is 0 Å². The minimum absolute atomic E-state index is 0.0411. The topological polar surface area (TPSA) is 58.6 Å². The fourth-order valence-corrected chi connectivity index (χ4v) is 2.83. The zero-order valence-electron chi connectivity index (χ0n) is 10.3. The fraction of sp³-hybridized carbons (Fsp3) is 1.00. The van der Waals surface area contributed by atoms with Crippen molar-refractivity contribution < 1.29 is 13.2 Å². The van der Waals surface area contributed by atoms with Crippen molar-refractivity contribution in [2.45, 2.75) is 26.3 Å². The Labute approximate surface area is 98.2 Å². The molecule has 1 N–H and O–H groups in total. The summed E-state index contributed by atoms with van der Waals surface area (Å²) in [5.74, 6) is 0.157. The number of sulfonamides is 1. The first-order chi connectivity index (χ1) is 7.31. The Hall–Kier alpha value is -0.170. The van der Waals surface area contributed by atoms with Crippen LogP contribution in [0.2, 0.25) is 0 Å². The summed E-state index contributed by atoms with van der Waals surface area (Å²) >= 11 is 0. The molecule has 0 unspecified atom stereocenters. The van der Waals surface area contributed by atoms with Crippen LogP contribution >= 0.6 is 0 Å². The Morgan fingerprint density at radius 1 is 1.25 bits per heavy atom. The first-order valence-electron chi connectivity index (χ1n) is 5.62. The largest absolute Gasteiger partial charge is 0.379 e. The van der Waals surface area contributed by atoms with Crippen molar-refractivity contribution in [1.29, 1.82) is 0 Å². The van der Waals surface area contributed by atoms with Crippen LogP contribution in [-0.2, 0) is 14.8 Å². The molecule has 0 radical (unpaired) electrons. The molecular weight excluding hydrogens is 228 g/mol. The summed E-state index contributed by atoms with van der Waals surface area (Å²) < 4.78 is 30.5. The van der Waals surface area contributed by atoms with E-state index in [1.165, 1.54) is 4.31 Å². The highest BCUT2D eigenvalue weighted by Gasteiger charge is 2.24. The van der Waals surface area contributed by atoms with Gasteiger partial charge in [-0.25, -0.2) is 8.42 Å². The van der Waals surface area contributed by atoms with Gasteiger partial charge in [0.1, 0.15) is 0 Å². The van der Waals surface area contributed by atoms with Gasteiger partial charge < -0.3 is 10.1 Å². The number of ether oxygens (including phenoxy) is 1. The smallest absolute Gasteiger partial charge is 0.215 e. The molecule has 6 heteroatoms. The number of nitrogens with zero attached hydrogens (tertiary/aromatic N) is 1. The number of hydrogen-bond acceptors (Lipinski definition) is 4. The maximum Gasteiger partial charge on any atom is 0.215 e. The van der Waals surface area contributed by atoms with Gasteiger partial charge in [0.25, 0.3) is 0 Å². The molecule has 0 saturated carbocycles. The molecule has 96 valence electrons. The standard InChI is InChI=1S/C10H22N2O3S/c1-10(2,3)11-4-9-16(13,14)12-5-7-15-8-6-12/h11H,4-9H2,1-3H3. The molecule has 1 saturated heterocycles. The van der Waals surface area contributed by atoms with Crippen LogP contribution in [0, 0.1) is 0 Å². The van der Waals surface area contributed by atoms with Crippen molar-refractivity contribution in [3.8, 4) is 0 Å². The summed E-state index contributed by atoms with van der Waals surface area (Å²) in [5, 5.41) is 3.18. The van der Waals surface area contributed by atoms with Gasteiger partial charge in [-0.1, -0.05) is 0 Å². The van der Waals surface area contributed by atoms with Crippen molar-refractivity contribution in [1.82, 2.24) is 9.62 Å². The third-order valence-corrected chi connectivity index (χ3v) is 4.25. The zero-order valence-corrected chi connectivity index (χ0v) is 11.1. The summed E-state index contributed by atoms with van der Waals surface area (Å²) in [6, 6.07) is 0. The second-order valence-corrected chi connectivity index (χ2v) is 7.09. The van der Waals surface area contributed by atoms with E-state index < -0.39 is 10.0 Å². The molecule has 5 nitrogen and oxygen atoms in total. The monoisotopic (exact) mass is 250 g/mol. The first-order valence-corrected chi connectivity index (χ1v) is 7.23. The first kappa shape index (κ1) is 13.9. The molecule has 0 atom stereocenters. The van der Waals surface area contributed by atoms with Gasteiger partial charge in [0.05, 0.1) is 19.0 Å². The SMILES string of the molecule is CC(C)(C)NCCS(=O)(=O)N1CCOCC1. The van der Waals surface area contributed by atoms with E-state index in [2.05, 4.69) is 5.32 Å². The van der Waals surface area contributed by atoms with Crippen LogP contribution in [0.4, 0.5) is 0 Å². The van der Waals surface area contributed by atoms with Crippen LogP contribution in [0.25, 0.3) is 0 Å². The Kier molecular flexibility index (Phi) is 4.73. The molecule has 0 spiro atoms. The number of hydrogen-bond donors (Lipinski definition) is 1. The summed E-state index contributed by atoms with van der Waals surface area (Å²) in [7, 11) is -3.11. The predicted molar refractivity (Wildman–Crippen MR) is 63.9 cm³/mol. The van der Waals surface area contributed by atoms with Gasteiger partial charge in [-0.2, -0.15) is 4.31 Å². The van der Waals surface area contributed by atoms with Crippen molar-refractivity contribution >= 4 is 10.0 Å². The average Bonchev–Trinajstić information content (AvgIpc) is 2.17. The molecule has 0 aromatic rings. The highest BCUT2D eigenvalue weighted by molar-refractivity contribution is 7.89. The number of nitrogens with one attached hydrogen (secondary N) is 1. The van der Waals surface area contributed by atoms with Gasteiger partial charge in [-0.15, -0.1) is 0 Å². The predicted octanol–water partition coefficient (Wildman–Crippen LogP) is 0.0365. The lowest BCUT2D eigenvalue weighted by Gasteiger charge is -2.27. The van der Waals surface area contributed by atoms with E-state index in [4.69, 9.17) is 4.74 Å². The van der Waals surface area contributed by atoms with Crippen molar-refractivity contribution in [3.05, 3.63) is 0 Å². The summed E-state index contributed by atoms with van der Waals surface area (Å²) in [6.07, 6.45) is 0. The van der Waals surface area contributed by atoms with E-state index in [9.17, 15) is 8.42 Å². The van der Waals surface area contributed by atoms with Crippen molar-refractivity contribution in [2.75, 3.05) is 38.6 Å². The Balaban J connectivity index is 2.39. The van der Waals surface area contributed by atoms with Gasteiger partial charge >= 0.3 is 0 Å². The summed E-state index contributed by atoms with van der Waals surface area (Å²) in [5.41, 5.74) is -0.0411. The Bertz CT molecular complexity index is 303. The van der Waals surface area contributed by atoms with Gasteiger partial charge in [0, 0.05) is 25.2 Å². The van der Waals surface area contributed by atoms with E-state index in [1.807, 2.05) is 20.8 Å². The summed E-state index contributed by atoms with van der Waals surface area (Å²) in [4.78, 5) is 0. The van der Waals surface area contributed by atoms with Crippen LogP contribution in [0.15, 0.2) is 0 Å². The highest BCUT2D eigenvalue weighted by atomic mass is 32.2. The third kappa shape index (κ3) is 4.78. The highest BCUT2D eigenvalue weighted by Crippen LogP contribution is 2.06. The number of morpholine rings is 1. The van der Waals surface area contributed by atoms with Crippen molar-refractivity contribution in [2.24, 2.45) is 0 Å². The molecule has 1 fully saturated rings. The number of rotatable bonds is 4. The molecule has 0 bridgehead atoms. The molecule has 16 heavy (non-hydrogen) atoms. The van der Waals surface area contributed by atoms with Gasteiger partial charge in [0.2, 0.25) is 10.0 Å². The van der Waals surface area contributed by atoms with E-state index in [1.54, 1.807) is 0 Å². The van der Waals surface area contributed by atoms with E-state index in [-0.39, 0.29) is 11.3 Å². The molecular formula is C10H22N2O3S. The molecule has 0 aliphatic carbocycles. The maximum atomic E-state index is 11.9. The zero-order chi connectivity index (χ0) is 12.2.